The Morgan fingerprint density at radius 3 is 2.67 bits per heavy atom. The van der Waals surface area contributed by atoms with Crippen LogP contribution in [0.25, 0.3) is 0 Å². The zero-order chi connectivity index (χ0) is 13.1. The lowest BCUT2D eigenvalue weighted by Crippen LogP contribution is -2.04. The van der Waals surface area contributed by atoms with E-state index in [-0.39, 0.29) is 28.5 Å². The molecular weight excluding hydrogens is 255 g/mol. The molecule has 1 N–H and O–H groups in total. The average Bonchev–Trinajstić information content (AvgIpc) is 2.28. The van der Waals surface area contributed by atoms with Crippen LogP contribution < -0.4 is 0 Å². The Morgan fingerprint density at radius 1 is 1.22 bits per heavy atom. The standard InChI is InChI=1S/C14H10ClFO2/c15-13-8-10(16)4-5-12(13)14(18)7-9-2-1-3-11(17)6-9/h1-6,8,17H,7H2. The summed E-state index contributed by atoms with van der Waals surface area (Å²) in [4.78, 5) is 12.0. The van der Waals surface area contributed by atoms with Crippen molar-refractivity contribution in [2.75, 3.05) is 0 Å². The summed E-state index contributed by atoms with van der Waals surface area (Å²) in [6, 6.07) is 10.1. The lowest BCUT2D eigenvalue weighted by molar-refractivity contribution is 0.0993. The first kappa shape index (κ1) is 12.6. The van der Waals surface area contributed by atoms with Crippen molar-refractivity contribution in [3.8, 4) is 5.75 Å². The van der Waals surface area contributed by atoms with Gasteiger partial charge in [-0.05, 0) is 35.9 Å². The fourth-order valence-electron chi connectivity index (χ4n) is 1.66. The quantitative estimate of drug-likeness (QED) is 0.860. The Kier molecular flexibility index (Phi) is 3.63. The SMILES string of the molecule is O=C(Cc1cccc(O)c1)c1ccc(F)cc1Cl. The van der Waals surface area contributed by atoms with E-state index in [9.17, 15) is 14.3 Å². The Bertz CT molecular complexity index is 596. The van der Waals surface area contributed by atoms with Gasteiger partial charge >= 0.3 is 0 Å². The summed E-state index contributed by atoms with van der Waals surface area (Å²) < 4.78 is 12.9. The predicted molar refractivity (Wildman–Crippen MR) is 67.6 cm³/mol. The van der Waals surface area contributed by atoms with Crippen molar-refractivity contribution >= 4 is 17.4 Å². The van der Waals surface area contributed by atoms with Crippen molar-refractivity contribution in [3.63, 3.8) is 0 Å². The first-order valence-corrected chi connectivity index (χ1v) is 5.70. The molecule has 0 unspecified atom stereocenters. The van der Waals surface area contributed by atoms with E-state index in [4.69, 9.17) is 11.6 Å². The molecule has 0 fully saturated rings. The Morgan fingerprint density at radius 2 is 2.00 bits per heavy atom. The molecule has 0 aliphatic heterocycles. The highest BCUT2D eigenvalue weighted by atomic mass is 35.5. The molecule has 2 nitrogen and oxygen atoms in total. The number of carbonyl (C=O) groups is 1. The fourth-order valence-corrected chi connectivity index (χ4v) is 1.94. The molecule has 0 amide bonds. The molecule has 92 valence electrons. The van der Waals surface area contributed by atoms with Crippen LogP contribution in [0, 0.1) is 5.82 Å². The molecule has 0 aromatic heterocycles. The van der Waals surface area contributed by atoms with Gasteiger partial charge in [0, 0.05) is 12.0 Å². The number of Topliss-reactive ketones (excluding diaryl/α,β-unsaturated/α-hetero) is 1. The zero-order valence-electron chi connectivity index (χ0n) is 9.36. The average molecular weight is 265 g/mol. The van der Waals surface area contributed by atoms with E-state index in [0.717, 1.165) is 6.07 Å². The molecule has 0 heterocycles. The topological polar surface area (TPSA) is 37.3 Å². The number of phenolic OH excluding ortho intramolecular Hbond substituents is 1. The van der Waals surface area contributed by atoms with Crippen LogP contribution in [0.3, 0.4) is 0 Å². The normalized spacial score (nSPS) is 10.3. The molecule has 18 heavy (non-hydrogen) atoms. The van der Waals surface area contributed by atoms with Gasteiger partial charge in [0.25, 0.3) is 0 Å². The molecule has 0 atom stereocenters. The molecule has 0 bridgehead atoms. The van der Waals surface area contributed by atoms with Crippen LogP contribution in [0.4, 0.5) is 4.39 Å². The Balaban J connectivity index is 2.22. The van der Waals surface area contributed by atoms with E-state index < -0.39 is 5.82 Å². The van der Waals surface area contributed by atoms with Crippen molar-refractivity contribution in [1.29, 1.82) is 0 Å². The van der Waals surface area contributed by atoms with E-state index >= 15 is 0 Å². The second-order valence-corrected chi connectivity index (χ2v) is 4.30. The molecule has 0 saturated heterocycles. The van der Waals surface area contributed by atoms with E-state index in [1.807, 2.05) is 0 Å². The second kappa shape index (κ2) is 5.19. The maximum atomic E-state index is 12.9. The van der Waals surface area contributed by atoms with Gasteiger partial charge in [0.15, 0.2) is 5.78 Å². The number of aromatic hydroxyl groups is 1. The molecular formula is C14H10ClFO2. The highest BCUT2D eigenvalue weighted by molar-refractivity contribution is 6.34. The van der Waals surface area contributed by atoms with Gasteiger partial charge in [-0.2, -0.15) is 0 Å². The third-order valence-corrected chi connectivity index (χ3v) is 2.82. The number of benzene rings is 2. The molecule has 0 aliphatic rings. The van der Waals surface area contributed by atoms with Crippen LogP contribution in [-0.2, 0) is 6.42 Å². The number of ketones is 1. The number of hydrogen-bond donors (Lipinski definition) is 1. The molecule has 4 heteroatoms. The van der Waals surface area contributed by atoms with Crippen molar-refractivity contribution in [1.82, 2.24) is 0 Å². The minimum atomic E-state index is -0.478. The summed E-state index contributed by atoms with van der Waals surface area (Å²) in [5.41, 5.74) is 0.960. The maximum absolute atomic E-state index is 12.9. The summed E-state index contributed by atoms with van der Waals surface area (Å²) in [7, 11) is 0. The first-order chi connectivity index (χ1) is 8.56. The molecule has 2 rings (SSSR count). The number of rotatable bonds is 3. The highest BCUT2D eigenvalue weighted by Crippen LogP contribution is 2.20. The third kappa shape index (κ3) is 2.87. The van der Waals surface area contributed by atoms with E-state index in [1.54, 1.807) is 12.1 Å². The Hall–Kier alpha value is -1.87. The maximum Gasteiger partial charge on any atom is 0.168 e. The highest BCUT2D eigenvalue weighted by Gasteiger charge is 2.12. The number of hydrogen-bond acceptors (Lipinski definition) is 2. The third-order valence-electron chi connectivity index (χ3n) is 2.51. The van der Waals surface area contributed by atoms with Crippen LogP contribution in [-0.4, -0.2) is 10.9 Å². The van der Waals surface area contributed by atoms with Crippen LogP contribution in [0.2, 0.25) is 5.02 Å². The Labute approximate surface area is 109 Å². The molecule has 0 radical (unpaired) electrons. The van der Waals surface area contributed by atoms with E-state index in [0.29, 0.717) is 5.56 Å². The van der Waals surface area contributed by atoms with Gasteiger partial charge in [-0.1, -0.05) is 23.7 Å². The van der Waals surface area contributed by atoms with E-state index in [2.05, 4.69) is 0 Å². The summed E-state index contributed by atoms with van der Waals surface area (Å²) in [5.74, 6) is -0.593. The molecule has 0 aliphatic carbocycles. The lowest BCUT2D eigenvalue weighted by atomic mass is 10.0. The molecule has 2 aromatic carbocycles. The van der Waals surface area contributed by atoms with Crippen LogP contribution in [0.5, 0.6) is 5.75 Å². The summed E-state index contributed by atoms with van der Waals surface area (Å²) >= 11 is 5.81. The monoisotopic (exact) mass is 264 g/mol. The number of halogens is 2. The smallest absolute Gasteiger partial charge is 0.168 e. The molecule has 0 saturated carbocycles. The second-order valence-electron chi connectivity index (χ2n) is 3.89. The van der Waals surface area contributed by atoms with Crippen LogP contribution in [0.15, 0.2) is 42.5 Å². The molecule has 2 aromatic rings. The van der Waals surface area contributed by atoms with Gasteiger partial charge in [0.1, 0.15) is 11.6 Å². The summed E-state index contributed by atoms with van der Waals surface area (Å²) in [6.45, 7) is 0. The van der Waals surface area contributed by atoms with Crippen molar-refractivity contribution < 1.29 is 14.3 Å². The summed E-state index contributed by atoms with van der Waals surface area (Å²) in [6.07, 6.45) is 0.111. The number of phenols is 1. The van der Waals surface area contributed by atoms with Crippen molar-refractivity contribution in [2.24, 2.45) is 0 Å². The minimum Gasteiger partial charge on any atom is -0.508 e. The molecule has 0 spiro atoms. The first-order valence-electron chi connectivity index (χ1n) is 5.32. The van der Waals surface area contributed by atoms with Crippen LogP contribution in [0.1, 0.15) is 15.9 Å². The van der Waals surface area contributed by atoms with Gasteiger partial charge in [0.05, 0.1) is 5.02 Å². The van der Waals surface area contributed by atoms with Gasteiger partial charge < -0.3 is 5.11 Å². The summed E-state index contributed by atoms with van der Waals surface area (Å²) in [5, 5.41) is 9.40. The van der Waals surface area contributed by atoms with Crippen LogP contribution >= 0.6 is 11.6 Å². The van der Waals surface area contributed by atoms with E-state index in [1.165, 1.54) is 24.3 Å². The predicted octanol–water partition coefficient (Wildman–Crippen LogP) is 3.61. The fraction of sp³-hybridized carbons (Fsp3) is 0.0714. The van der Waals surface area contributed by atoms with Gasteiger partial charge in [-0.25, -0.2) is 4.39 Å². The largest absolute Gasteiger partial charge is 0.508 e. The van der Waals surface area contributed by atoms with Gasteiger partial charge in [-0.3, -0.25) is 4.79 Å². The minimum absolute atomic E-state index is 0.0974. The van der Waals surface area contributed by atoms with Crippen molar-refractivity contribution in [3.05, 3.63) is 64.4 Å². The van der Waals surface area contributed by atoms with Gasteiger partial charge in [0.2, 0.25) is 0 Å². The lowest BCUT2D eigenvalue weighted by Gasteiger charge is -2.04. The zero-order valence-corrected chi connectivity index (χ0v) is 10.1. The van der Waals surface area contributed by atoms with Gasteiger partial charge in [-0.15, -0.1) is 0 Å². The van der Waals surface area contributed by atoms with Crippen molar-refractivity contribution in [2.45, 2.75) is 6.42 Å². The number of carbonyl (C=O) groups excluding carboxylic acids is 1.